The van der Waals surface area contributed by atoms with Gasteiger partial charge in [-0.2, -0.15) is 5.10 Å². The highest BCUT2D eigenvalue weighted by Gasteiger charge is 2.14. The Kier molecular flexibility index (Phi) is 5.80. The maximum Gasteiger partial charge on any atom is 0.257 e. The van der Waals surface area contributed by atoms with E-state index in [0.717, 1.165) is 11.1 Å². The fourth-order valence-corrected chi connectivity index (χ4v) is 3.11. The van der Waals surface area contributed by atoms with Gasteiger partial charge in [-0.05, 0) is 23.3 Å². The molecule has 3 aromatic carbocycles. The van der Waals surface area contributed by atoms with Crippen LogP contribution in [0.3, 0.4) is 0 Å². The molecule has 0 unspecified atom stereocenters. The molecule has 5 heteroatoms. The van der Waals surface area contributed by atoms with Crippen molar-refractivity contribution in [2.24, 2.45) is 0 Å². The summed E-state index contributed by atoms with van der Waals surface area (Å²) < 4.78 is 15.5. The Balaban J connectivity index is 1.55. The Hall–Kier alpha value is -3.99. The van der Waals surface area contributed by atoms with Gasteiger partial charge < -0.3 is 5.32 Å². The van der Waals surface area contributed by atoms with Crippen molar-refractivity contribution < 1.29 is 9.18 Å². The van der Waals surface area contributed by atoms with Gasteiger partial charge in [-0.25, -0.2) is 4.39 Å². The number of carbonyl (C=O) groups excluding carboxylic acids is 1. The van der Waals surface area contributed by atoms with Crippen LogP contribution in [-0.4, -0.2) is 15.7 Å². The van der Waals surface area contributed by atoms with Crippen LogP contribution < -0.4 is 5.32 Å². The third kappa shape index (κ3) is 4.70. The summed E-state index contributed by atoms with van der Waals surface area (Å²) in [6, 6.07) is 27.4. The van der Waals surface area contributed by atoms with Gasteiger partial charge in [-0.1, -0.05) is 78.9 Å². The molecule has 0 aliphatic heterocycles. The van der Waals surface area contributed by atoms with Crippen molar-refractivity contribution in [2.75, 3.05) is 5.32 Å². The molecule has 148 valence electrons. The largest absolute Gasteiger partial charge is 0.305 e. The minimum absolute atomic E-state index is 0.263. The molecule has 0 aliphatic carbocycles. The number of hydrogen-bond donors (Lipinski definition) is 1. The lowest BCUT2D eigenvalue weighted by atomic mass is 10.0. The molecule has 0 bridgehead atoms. The summed E-state index contributed by atoms with van der Waals surface area (Å²) in [5.41, 5.74) is 2.80. The summed E-state index contributed by atoms with van der Waals surface area (Å²) in [4.78, 5) is 13.1. The number of anilines is 1. The predicted octanol–water partition coefficient (Wildman–Crippen LogP) is 5.25. The van der Waals surface area contributed by atoms with Crippen LogP contribution >= 0.6 is 0 Å². The summed E-state index contributed by atoms with van der Waals surface area (Å²) in [6.07, 6.45) is 3.56. The van der Waals surface area contributed by atoms with Crippen molar-refractivity contribution in [2.45, 2.75) is 6.54 Å². The molecule has 4 rings (SSSR count). The lowest BCUT2D eigenvalue weighted by Gasteiger charge is -2.08. The first-order chi connectivity index (χ1) is 14.7. The van der Waals surface area contributed by atoms with Gasteiger partial charge >= 0.3 is 0 Å². The first-order valence-corrected chi connectivity index (χ1v) is 9.59. The number of aromatic nitrogens is 2. The molecule has 0 saturated carbocycles. The molecule has 1 N–H and O–H groups in total. The van der Waals surface area contributed by atoms with Crippen molar-refractivity contribution in [3.05, 3.63) is 120 Å². The number of nitrogens with one attached hydrogen (secondary N) is 1. The van der Waals surface area contributed by atoms with Gasteiger partial charge in [0.1, 0.15) is 5.82 Å². The highest BCUT2D eigenvalue weighted by Crippen LogP contribution is 2.20. The van der Waals surface area contributed by atoms with Crippen LogP contribution in [0.15, 0.2) is 97.2 Å². The van der Waals surface area contributed by atoms with Crippen LogP contribution in [0.2, 0.25) is 0 Å². The van der Waals surface area contributed by atoms with E-state index in [1.807, 2.05) is 66.7 Å². The highest BCUT2D eigenvalue weighted by atomic mass is 19.1. The van der Waals surface area contributed by atoms with Gasteiger partial charge in [0, 0.05) is 23.4 Å². The summed E-state index contributed by atoms with van der Waals surface area (Å²) in [7, 11) is 0. The van der Waals surface area contributed by atoms with Gasteiger partial charge in [-0.3, -0.25) is 9.48 Å². The monoisotopic (exact) mass is 397 g/mol. The number of amides is 1. The Bertz CT molecular complexity index is 1170. The van der Waals surface area contributed by atoms with E-state index in [9.17, 15) is 9.18 Å². The Labute approximate surface area is 174 Å². The van der Waals surface area contributed by atoms with E-state index in [1.54, 1.807) is 35.1 Å². The van der Waals surface area contributed by atoms with E-state index in [4.69, 9.17) is 0 Å². The van der Waals surface area contributed by atoms with Gasteiger partial charge in [0.15, 0.2) is 5.82 Å². The van der Waals surface area contributed by atoms with Gasteiger partial charge in [0.25, 0.3) is 5.91 Å². The fraction of sp³-hybridized carbons (Fsp3) is 0.0400. The second-order valence-electron chi connectivity index (χ2n) is 6.78. The van der Waals surface area contributed by atoms with E-state index in [2.05, 4.69) is 10.4 Å². The lowest BCUT2D eigenvalue weighted by molar-refractivity contribution is -0.111. The summed E-state index contributed by atoms with van der Waals surface area (Å²) in [5.74, 6) is -0.136. The van der Waals surface area contributed by atoms with Crippen molar-refractivity contribution in [3.63, 3.8) is 0 Å². The van der Waals surface area contributed by atoms with Crippen LogP contribution in [0.1, 0.15) is 16.7 Å². The van der Waals surface area contributed by atoms with Crippen LogP contribution in [0.25, 0.3) is 11.6 Å². The molecule has 0 fully saturated rings. The molecule has 0 aliphatic rings. The van der Waals surface area contributed by atoms with Crippen molar-refractivity contribution >= 4 is 23.4 Å². The Morgan fingerprint density at radius 1 is 0.900 bits per heavy atom. The first kappa shape index (κ1) is 19.3. The number of carbonyl (C=O) groups is 1. The van der Waals surface area contributed by atoms with Crippen molar-refractivity contribution in [3.8, 4) is 0 Å². The molecular weight excluding hydrogens is 377 g/mol. The SMILES string of the molecule is O=C(Nc1ccn(Cc2ccccc2F)n1)C(=Cc1ccccc1)c1ccccc1. The molecule has 1 amide bonds. The zero-order chi connectivity index (χ0) is 20.8. The molecule has 4 aromatic rings. The maximum absolute atomic E-state index is 13.9. The predicted molar refractivity (Wildman–Crippen MR) is 117 cm³/mol. The second kappa shape index (κ2) is 9.01. The lowest BCUT2D eigenvalue weighted by Crippen LogP contribution is -2.14. The summed E-state index contributed by atoms with van der Waals surface area (Å²) >= 11 is 0. The van der Waals surface area contributed by atoms with Crippen molar-refractivity contribution in [1.29, 1.82) is 0 Å². The Morgan fingerprint density at radius 2 is 1.57 bits per heavy atom. The molecular formula is C25H20FN3O. The normalized spacial score (nSPS) is 11.3. The minimum Gasteiger partial charge on any atom is -0.305 e. The third-order valence-electron chi connectivity index (χ3n) is 4.61. The van der Waals surface area contributed by atoms with E-state index >= 15 is 0 Å². The van der Waals surface area contributed by atoms with Crippen LogP contribution in [0, 0.1) is 5.82 Å². The van der Waals surface area contributed by atoms with E-state index in [-0.39, 0.29) is 18.3 Å². The van der Waals surface area contributed by atoms with E-state index in [0.29, 0.717) is 17.0 Å². The molecule has 1 aromatic heterocycles. The number of hydrogen-bond acceptors (Lipinski definition) is 2. The molecule has 30 heavy (non-hydrogen) atoms. The zero-order valence-corrected chi connectivity index (χ0v) is 16.2. The zero-order valence-electron chi connectivity index (χ0n) is 16.2. The molecule has 1 heterocycles. The molecule has 0 spiro atoms. The summed E-state index contributed by atoms with van der Waals surface area (Å²) in [5, 5.41) is 7.21. The van der Waals surface area contributed by atoms with Gasteiger partial charge in [-0.15, -0.1) is 0 Å². The van der Waals surface area contributed by atoms with Crippen molar-refractivity contribution in [1.82, 2.24) is 9.78 Å². The average Bonchev–Trinajstić information content (AvgIpc) is 3.21. The smallest absolute Gasteiger partial charge is 0.257 e. The quantitative estimate of drug-likeness (QED) is 0.357. The van der Waals surface area contributed by atoms with Crippen LogP contribution in [0.4, 0.5) is 10.2 Å². The highest BCUT2D eigenvalue weighted by molar-refractivity contribution is 6.29. The fourth-order valence-electron chi connectivity index (χ4n) is 3.11. The third-order valence-corrected chi connectivity index (χ3v) is 4.61. The summed E-state index contributed by atoms with van der Waals surface area (Å²) in [6.45, 7) is 0.286. The first-order valence-electron chi connectivity index (χ1n) is 9.59. The van der Waals surface area contributed by atoms with Gasteiger partial charge in [0.2, 0.25) is 0 Å². The maximum atomic E-state index is 13.9. The van der Waals surface area contributed by atoms with Crippen LogP contribution in [-0.2, 0) is 11.3 Å². The minimum atomic E-state index is -0.282. The topological polar surface area (TPSA) is 46.9 Å². The molecule has 4 nitrogen and oxygen atoms in total. The standard InChI is InChI=1S/C25H20FN3O/c26-23-14-8-7-13-21(23)18-29-16-15-24(28-29)27-25(30)22(20-11-5-2-6-12-20)17-19-9-3-1-4-10-19/h1-17H,18H2,(H,27,28,30). The molecule has 0 saturated heterocycles. The second-order valence-corrected chi connectivity index (χ2v) is 6.78. The number of halogens is 1. The van der Waals surface area contributed by atoms with Gasteiger partial charge in [0.05, 0.1) is 6.54 Å². The molecule has 0 radical (unpaired) electrons. The van der Waals surface area contributed by atoms with E-state index in [1.165, 1.54) is 6.07 Å². The van der Waals surface area contributed by atoms with Crippen LogP contribution in [0.5, 0.6) is 0 Å². The Morgan fingerprint density at radius 3 is 2.30 bits per heavy atom. The average molecular weight is 397 g/mol. The van der Waals surface area contributed by atoms with E-state index < -0.39 is 0 Å². The number of nitrogens with zero attached hydrogens (tertiary/aromatic N) is 2. The number of rotatable bonds is 6. The number of benzene rings is 3. The molecule has 0 atom stereocenters.